The van der Waals surface area contributed by atoms with E-state index in [9.17, 15) is 19.1 Å². The number of carbonyl (C=O) groups is 2. The van der Waals surface area contributed by atoms with Gasteiger partial charge in [0.05, 0.1) is 12.0 Å². The second-order valence-corrected chi connectivity index (χ2v) is 6.94. The van der Waals surface area contributed by atoms with E-state index in [0.717, 1.165) is 16.5 Å². The quantitative estimate of drug-likeness (QED) is 0.775. The summed E-state index contributed by atoms with van der Waals surface area (Å²) in [5, 5.41) is 15.8. The van der Waals surface area contributed by atoms with E-state index in [1.807, 2.05) is 0 Å². The smallest absolute Gasteiger partial charge is 0.339 e. The summed E-state index contributed by atoms with van der Waals surface area (Å²) in [6.07, 6.45) is 0.415. The molecule has 0 bridgehead atoms. The Bertz CT molecular complexity index is 822. The van der Waals surface area contributed by atoms with Crippen molar-refractivity contribution in [2.45, 2.75) is 19.4 Å². The fraction of sp³-hybridized carbons (Fsp3) is 0.250. The summed E-state index contributed by atoms with van der Waals surface area (Å²) in [5.74, 6) is -2.10. The number of thiophene rings is 1. The maximum atomic E-state index is 13.8. The van der Waals surface area contributed by atoms with Crippen LogP contribution in [0.3, 0.4) is 0 Å². The van der Waals surface area contributed by atoms with Crippen LogP contribution in [0.2, 0.25) is 5.02 Å². The molecule has 0 radical (unpaired) electrons. The predicted molar refractivity (Wildman–Crippen MR) is 90.4 cm³/mol. The minimum Gasteiger partial charge on any atom is -0.478 e. The molecule has 0 fully saturated rings. The van der Waals surface area contributed by atoms with Gasteiger partial charge in [-0.1, -0.05) is 17.7 Å². The third-order valence-electron chi connectivity index (χ3n) is 3.76. The SMILES string of the molecule is O=C(Cc1ccc(Cl)cc1F)Nc1sc2c(c1C(=O)O)CCNC2. The van der Waals surface area contributed by atoms with E-state index in [4.69, 9.17) is 11.6 Å². The number of amides is 1. The van der Waals surface area contributed by atoms with Crippen LogP contribution in [0.25, 0.3) is 0 Å². The maximum Gasteiger partial charge on any atom is 0.339 e. The zero-order valence-electron chi connectivity index (χ0n) is 12.5. The molecule has 0 aliphatic carbocycles. The van der Waals surface area contributed by atoms with Gasteiger partial charge in [0.15, 0.2) is 0 Å². The summed E-state index contributed by atoms with van der Waals surface area (Å²) in [7, 11) is 0. The molecule has 2 aromatic rings. The van der Waals surface area contributed by atoms with Gasteiger partial charge in [-0.3, -0.25) is 4.79 Å². The van der Waals surface area contributed by atoms with Crippen molar-refractivity contribution in [1.82, 2.24) is 5.32 Å². The van der Waals surface area contributed by atoms with Crippen LogP contribution in [0, 0.1) is 5.82 Å². The number of nitrogens with one attached hydrogen (secondary N) is 2. The molecule has 126 valence electrons. The van der Waals surface area contributed by atoms with Crippen LogP contribution in [0.1, 0.15) is 26.4 Å². The third-order valence-corrected chi connectivity index (χ3v) is 5.14. The minimum absolute atomic E-state index is 0.140. The Morgan fingerprint density at radius 2 is 2.21 bits per heavy atom. The molecule has 0 unspecified atom stereocenters. The van der Waals surface area contributed by atoms with Crippen LogP contribution in [0.15, 0.2) is 18.2 Å². The lowest BCUT2D eigenvalue weighted by atomic mass is 10.0. The van der Waals surface area contributed by atoms with Crippen LogP contribution in [-0.4, -0.2) is 23.5 Å². The summed E-state index contributed by atoms with van der Waals surface area (Å²) in [6, 6.07) is 4.09. The molecule has 2 heterocycles. The van der Waals surface area contributed by atoms with E-state index in [-0.39, 0.29) is 22.6 Å². The monoisotopic (exact) mass is 368 g/mol. The molecule has 5 nitrogen and oxygen atoms in total. The van der Waals surface area contributed by atoms with Gasteiger partial charge >= 0.3 is 5.97 Å². The number of hydrogen-bond donors (Lipinski definition) is 3. The van der Waals surface area contributed by atoms with Crippen molar-refractivity contribution in [3.05, 3.63) is 50.6 Å². The van der Waals surface area contributed by atoms with Crippen molar-refractivity contribution in [2.75, 3.05) is 11.9 Å². The van der Waals surface area contributed by atoms with Gasteiger partial charge in [0.1, 0.15) is 10.8 Å². The zero-order chi connectivity index (χ0) is 17.3. The Morgan fingerprint density at radius 3 is 2.92 bits per heavy atom. The molecule has 1 amide bonds. The molecule has 3 rings (SSSR count). The average molecular weight is 369 g/mol. The number of hydrogen-bond acceptors (Lipinski definition) is 4. The minimum atomic E-state index is -1.07. The summed E-state index contributed by atoms with van der Waals surface area (Å²) in [5.41, 5.74) is 1.11. The van der Waals surface area contributed by atoms with Crippen LogP contribution in [0.5, 0.6) is 0 Å². The Morgan fingerprint density at radius 1 is 1.42 bits per heavy atom. The Labute approximate surface area is 146 Å². The lowest BCUT2D eigenvalue weighted by Crippen LogP contribution is -2.23. The lowest BCUT2D eigenvalue weighted by Gasteiger charge is -2.12. The van der Waals surface area contributed by atoms with Crippen molar-refractivity contribution in [3.63, 3.8) is 0 Å². The van der Waals surface area contributed by atoms with Gasteiger partial charge in [-0.05, 0) is 36.2 Å². The summed E-state index contributed by atoms with van der Waals surface area (Å²) in [4.78, 5) is 24.6. The molecule has 1 aromatic carbocycles. The van der Waals surface area contributed by atoms with Crippen LogP contribution >= 0.6 is 22.9 Å². The third kappa shape index (κ3) is 3.43. The van der Waals surface area contributed by atoms with Crippen LogP contribution in [-0.2, 0) is 24.2 Å². The van der Waals surface area contributed by atoms with Crippen molar-refractivity contribution in [1.29, 1.82) is 0 Å². The molecule has 24 heavy (non-hydrogen) atoms. The fourth-order valence-electron chi connectivity index (χ4n) is 2.66. The first kappa shape index (κ1) is 16.9. The lowest BCUT2D eigenvalue weighted by molar-refractivity contribution is -0.115. The highest BCUT2D eigenvalue weighted by Gasteiger charge is 2.26. The van der Waals surface area contributed by atoms with E-state index in [2.05, 4.69) is 10.6 Å². The van der Waals surface area contributed by atoms with E-state index >= 15 is 0 Å². The first-order valence-electron chi connectivity index (χ1n) is 7.28. The Balaban J connectivity index is 1.81. The molecule has 0 saturated heterocycles. The van der Waals surface area contributed by atoms with Gasteiger partial charge in [-0.15, -0.1) is 11.3 Å². The van der Waals surface area contributed by atoms with Gasteiger partial charge in [-0.25, -0.2) is 9.18 Å². The van der Waals surface area contributed by atoms with Gasteiger partial charge in [0.25, 0.3) is 0 Å². The fourth-order valence-corrected chi connectivity index (χ4v) is 4.04. The molecule has 1 aliphatic rings. The van der Waals surface area contributed by atoms with Crippen molar-refractivity contribution in [3.8, 4) is 0 Å². The number of aromatic carboxylic acids is 1. The average Bonchev–Trinajstić information content (AvgIpc) is 2.87. The second kappa shape index (κ2) is 6.88. The highest BCUT2D eigenvalue weighted by atomic mass is 35.5. The standard InChI is InChI=1S/C16H14ClFN2O3S/c17-9-2-1-8(11(18)6-9)5-13(21)20-15-14(16(22)23)10-3-4-19-7-12(10)24-15/h1-2,6,19H,3-5,7H2,(H,20,21)(H,22,23). The van der Waals surface area contributed by atoms with E-state index in [1.54, 1.807) is 0 Å². The number of carbonyl (C=O) groups excluding carboxylic acids is 1. The first-order chi connectivity index (χ1) is 11.5. The number of carboxylic acid groups (broad SMARTS) is 1. The molecule has 0 saturated carbocycles. The largest absolute Gasteiger partial charge is 0.478 e. The summed E-state index contributed by atoms with van der Waals surface area (Å²) >= 11 is 6.93. The zero-order valence-corrected chi connectivity index (χ0v) is 14.1. The second-order valence-electron chi connectivity index (χ2n) is 5.40. The number of benzene rings is 1. The maximum absolute atomic E-state index is 13.8. The van der Waals surface area contributed by atoms with Crippen molar-refractivity contribution >= 4 is 39.8 Å². The number of halogens is 2. The number of carboxylic acids is 1. The highest BCUT2D eigenvalue weighted by molar-refractivity contribution is 7.17. The molecule has 0 atom stereocenters. The highest BCUT2D eigenvalue weighted by Crippen LogP contribution is 2.35. The molecular formula is C16H14ClFN2O3S. The predicted octanol–water partition coefficient (Wildman–Crippen LogP) is 3.07. The topological polar surface area (TPSA) is 78.4 Å². The number of anilines is 1. The molecule has 1 aromatic heterocycles. The summed E-state index contributed by atoms with van der Waals surface area (Å²) in [6.45, 7) is 1.29. The Hall–Kier alpha value is -1.96. The van der Waals surface area contributed by atoms with Gasteiger partial charge in [0, 0.05) is 16.4 Å². The van der Waals surface area contributed by atoms with E-state index in [0.29, 0.717) is 24.5 Å². The van der Waals surface area contributed by atoms with E-state index in [1.165, 1.54) is 23.5 Å². The van der Waals surface area contributed by atoms with Crippen molar-refractivity contribution < 1.29 is 19.1 Å². The molecular weight excluding hydrogens is 355 g/mol. The number of fused-ring (bicyclic) bond motifs is 1. The van der Waals surface area contributed by atoms with E-state index < -0.39 is 17.7 Å². The first-order valence-corrected chi connectivity index (χ1v) is 8.47. The molecule has 8 heteroatoms. The van der Waals surface area contributed by atoms with Gasteiger partial charge in [-0.2, -0.15) is 0 Å². The van der Waals surface area contributed by atoms with Crippen molar-refractivity contribution in [2.24, 2.45) is 0 Å². The molecule has 1 aliphatic heterocycles. The number of rotatable bonds is 4. The van der Waals surface area contributed by atoms with Gasteiger partial charge < -0.3 is 15.7 Å². The molecule has 3 N–H and O–H groups in total. The Kier molecular flexibility index (Phi) is 4.84. The van der Waals surface area contributed by atoms with Gasteiger partial charge in [0.2, 0.25) is 5.91 Å². The summed E-state index contributed by atoms with van der Waals surface area (Å²) < 4.78 is 13.8. The van der Waals surface area contributed by atoms with Crippen LogP contribution in [0.4, 0.5) is 9.39 Å². The molecule has 0 spiro atoms. The van der Waals surface area contributed by atoms with Crippen LogP contribution < -0.4 is 10.6 Å². The normalized spacial score (nSPS) is 13.4.